The summed E-state index contributed by atoms with van der Waals surface area (Å²) < 4.78 is 63.6. The smallest absolute Gasteiger partial charge is 0.316 e. The van der Waals surface area contributed by atoms with Crippen LogP contribution in [0.15, 0.2) is 47.1 Å². The molecule has 5 fully saturated rings. The highest BCUT2D eigenvalue weighted by molar-refractivity contribution is 5.78. The fourth-order valence-electron chi connectivity index (χ4n) is 11.0. The summed E-state index contributed by atoms with van der Waals surface area (Å²) in [6.45, 7) is 15.7. The third-order valence-corrected chi connectivity index (χ3v) is 15.0. The lowest BCUT2D eigenvalue weighted by molar-refractivity contribution is -0.354. The van der Waals surface area contributed by atoms with Crippen LogP contribution < -0.4 is 0 Å². The lowest BCUT2D eigenvalue weighted by Gasteiger charge is -2.52. The minimum absolute atomic E-state index is 0.0109. The highest BCUT2D eigenvalue weighted by atomic mass is 16.7. The summed E-state index contributed by atoms with van der Waals surface area (Å²) in [6.07, 6.45) is 3.00. The number of allylic oxidation sites excluding steroid dienone is 2. The molecule has 1 aliphatic carbocycles. The second-order valence-corrected chi connectivity index (χ2v) is 19.5. The number of esters is 1. The van der Waals surface area contributed by atoms with Gasteiger partial charge in [-0.2, -0.15) is 0 Å². The van der Waals surface area contributed by atoms with Crippen molar-refractivity contribution in [2.75, 3.05) is 20.8 Å². The van der Waals surface area contributed by atoms with Crippen LogP contribution in [-0.2, 0) is 52.2 Å². The van der Waals surface area contributed by atoms with Crippen molar-refractivity contribution in [2.45, 2.75) is 204 Å². The summed E-state index contributed by atoms with van der Waals surface area (Å²) in [6, 6.07) is 0. The van der Waals surface area contributed by atoms with Gasteiger partial charge < -0.3 is 67.8 Å². The SMILES string of the molecule is CCC(C)[C@H]1O[C@@]2(CC3CC(C/C=C(/C)[C@H](O[C@H]4C[C@H](OC)[C@@H](O[C@H]5C[C@H](OC)[C@@H](O)[C@H](C)O5)[C@H](C)O4)[C@@H](C)/C=C/C=C4/COC5[C@H](O)C(C)=CC(C(=O)O3)[C@@]45O)O2)C[C@H](O)[C@@H]1C. The Balaban J connectivity index is 1.19. The van der Waals surface area contributed by atoms with Crippen LogP contribution in [0.2, 0.25) is 0 Å². The van der Waals surface area contributed by atoms with Crippen molar-refractivity contribution in [1.29, 1.82) is 0 Å². The Morgan fingerprint density at radius 2 is 1.59 bits per heavy atom. The number of carbonyl (C=O) groups is 1. The second kappa shape index (κ2) is 20.0. The van der Waals surface area contributed by atoms with Gasteiger partial charge in [-0.1, -0.05) is 64.5 Å². The third kappa shape index (κ3) is 9.98. The van der Waals surface area contributed by atoms with E-state index in [1.165, 1.54) is 0 Å². The first-order chi connectivity index (χ1) is 29.9. The fraction of sp³-hybridized carbons (Fsp3) is 0.812. The predicted octanol–water partition coefficient (Wildman–Crippen LogP) is 4.57. The van der Waals surface area contributed by atoms with Crippen molar-refractivity contribution in [1.82, 2.24) is 0 Å². The van der Waals surface area contributed by atoms with Crippen molar-refractivity contribution in [3.05, 3.63) is 47.1 Å². The number of carbonyl (C=O) groups excluding carboxylic acids is 1. The third-order valence-electron chi connectivity index (χ3n) is 15.0. The van der Waals surface area contributed by atoms with Crippen LogP contribution >= 0.6 is 0 Å². The van der Waals surface area contributed by atoms with Crippen LogP contribution in [0.4, 0.5) is 0 Å². The van der Waals surface area contributed by atoms with Gasteiger partial charge in [-0.15, -0.1) is 0 Å². The molecule has 0 aromatic heterocycles. The summed E-state index contributed by atoms with van der Waals surface area (Å²) >= 11 is 0. The maximum absolute atomic E-state index is 14.4. The van der Waals surface area contributed by atoms with E-state index in [9.17, 15) is 25.2 Å². The minimum Gasteiger partial charge on any atom is -0.462 e. The van der Waals surface area contributed by atoms with E-state index in [-0.39, 0.29) is 43.3 Å². The Kier molecular flexibility index (Phi) is 15.5. The van der Waals surface area contributed by atoms with Gasteiger partial charge in [-0.25, -0.2) is 0 Å². The lowest BCUT2D eigenvalue weighted by atomic mass is 9.71. The molecule has 4 N–H and O–H groups in total. The van der Waals surface area contributed by atoms with E-state index in [2.05, 4.69) is 19.9 Å². The number of aliphatic hydroxyl groups excluding tert-OH is 3. The molecule has 0 saturated carbocycles. The Bertz CT molecular complexity index is 1710. The van der Waals surface area contributed by atoms with Gasteiger partial charge >= 0.3 is 5.97 Å². The molecule has 1 spiro atoms. The van der Waals surface area contributed by atoms with Crippen molar-refractivity contribution in [3.63, 3.8) is 0 Å². The fourth-order valence-corrected chi connectivity index (χ4v) is 11.0. The molecule has 7 aliphatic rings. The molecule has 2 bridgehead atoms. The van der Waals surface area contributed by atoms with Crippen LogP contribution in [-0.4, -0.2) is 151 Å². The van der Waals surface area contributed by atoms with Crippen LogP contribution in [0.25, 0.3) is 0 Å². The number of methoxy groups -OCH3 is 2. The van der Waals surface area contributed by atoms with Crippen molar-refractivity contribution >= 4 is 5.97 Å². The van der Waals surface area contributed by atoms with E-state index in [4.69, 9.17) is 47.4 Å². The molecule has 21 atom stereocenters. The van der Waals surface area contributed by atoms with Crippen molar-refractivity contribution in [3.8, 4) is 0 Å². The zero-order valence-electron chi connectivity index (χ0n) is 38.8. The summed E-state index contributed by atoms with van der Waals surface area (Å²) in [5.41, 5.74) is 0.0234. The topological polar surface area (TPSA) is 190 Å². The van der Waals surface area contributed by atoms with Crippen LogP contribution in [0, 0.1) is 23.7 Å². The van der Waals surface area contributed by atoms with E-state index in [0.29, 0.717) is 36.8 Å². The second-order valence-electron chi connectivity index (χ2n) is 19.5. The van der Waals surface area contributed by atoms with E-state index in [1.54, 1.807) is 40.2 Å². The van der Waals surface area contributed by atoms with E-state index in [1.807, 2.05) is 39.8 Å². The quantitative estimate of drug-likeness (QED) is 0.196. The van der Waals surface area contributed by atoms with Crippen LogP contribution in [0.1, 0.15) is 100 Å². The first-order valence-electron chi connectivity index (χ1n) is 23.3. The molecule has 0 aromatic rings. The Hall–Kier alpha value is -2.09. The van der Waals surface area contributed by atoms with Gasteiger partial charge in [0.25, 0.3) is 0 Å². The summed E-state index contributed by atoms with van der Waals surface area (Å²) in [7, 11) is 3.20. The Morgan fingerprint density at radius 3 is 2.30 bits per heavy atom. The molecule has 0 radical (unpaired) electrons. The predicted molar refractivity (Wildman–Crippen MR) is 229 cm³/mol. The number of fused-ring (bicyclic) bond motifs is 2. The molecule has 5 saturated heterocycles. The van der Waals surface area contributed by atoms with Gasteiger partial charge in [0.05, 0.1) is 55.4 Å². The zero-order valence-corrected chi connectivity index (χ0v) is 38.8. The summed E-state index contributed by atoms with van der Waals surface area (Å²) in [5.74, 6) is -3.19. The number of rotatable bonds is 8. The van der Waals surface area contributed by atoms with Crippen molar-refractivity contribution < 1.29 is 72.6 Å². The van der Waals surface area contributed by atoms with Gasteiger partial charge in [0, 0.05) is 58.2 Å². The highest BCUT2D eigenvalue weighted by Gasteiger charge is 2.60. The molecule has 7 rings (SSSR count). The zero-order chi connectivity index (χ0) is 45.5. The Morgan fingerprint density at radius 1 is 0.889 bits per heavy atom. The van der Waals surface area contributed by atoms with E-state index >= 15 is 0 Å². The molecule has 63 heavy (non-hydrogen) atoms. The molecular weight excluding hydrogens is 817 g/mol. The minimum atomic E-state index is -1.87. The molecule has 356 valence electrons. The standard InChI is InChI=1S/C48H74O15/c1-11-24(2)43-28(6)35(49)22-47(63-43)21-33-18-32(62-47)16-15-26(4)42(25(3)13-12-14-31-23-56-45-40(50)27(5)17-34(46(52)59-33)48(31,45)53)60-39-20-37(55-10)44(30(8)58-39)61-38-19-36(54-9)41(51)29(7)57-38/h12-15,17,24-25,28-30,32-45,49-51,53H,11,16,18-23H2,1-10H3/b13-12+,26-15-,31-14-/t24?,25-,28-,29-,30-,32?,33?,34?,35-,36-,37-,38-,39-,40+,41-,42+,43+,44-,45?,47-,48-/m0/s1. The number of hydrogen-bond donors (Lipinski definition) is 4. The molecule has 5 unspecified atom stereocenters. The maximum atomic E-state index is 14.4. The molecule has 6 heterocycles. The van der Waals surface area contributed by atoms with Gasteiger partial charge in [0.1, 0.15) is 42.0 Å². The molecule has 15 nitrogen and oxygen atoms in total. The number of aliphatic hydroxyl groups is 4. The molecule has 0 aromatic carbocycles. The van der Waals surface area contributed by atoms with Gasteiger partial charge in [-0.05, 0) is 56.8 Å². The largest absolute Gasteiger partial charge is 0.462 e. The number of hydrogen-bond acceptors (Lipinski definition) is 15. The summed E-state index contributed by atoms with van der Waals surface area (Å²) in [4.78, 5) is 14.4. The monoisotopic (exact) mass is 891 g/mol. The first-order valence-corrected chi connectivity index (χ1v) is 23.3. The van der Waals surface area contributed by atoms with E-state index in [0.717, 1.165) is 12.0 Å². The first kappa shape index (κ1) is 48.8. The average molecular weight is 891 g/mol. The van der Waals surface area contributed by atoms with Crippen LogP contribution in [0.3, 0.4) is 0 Å². The average Bonchev–Trinajstić information content (AvgIpc) is 3.59. The highest BCUT2D eigenvalue weighted by Crippen LogP contribution is 2.48. The van der Waals surface area contributed by atoms with Gasteiger partial charge in [-0.3, -0.25) is 4.79 Å². The van der Waals surface area contributed by atoms with Crippen molar-refractivity contribution in [2.24, 2.45) is 23.7 Å². The van der Waals surface area contributed by atoms with Crippen LogP contribution in [0.5, 0.6) is 0 Å². The maximum Gasteiger partial charge on any atom is 0.316 e. The Labute approximate surface area is 373 Å². The molecule has 6 aliphatic heterocycles. The van der Waals surface area contributed by atoms with Gasteiger partial charge in [0.2, 0.25) is 0 Å². The number of ether oxygens (including phenoxy) is 10. The molecular formula is C48H74O15. The molecule has 0 amide bonds. The van der Waals surface area contributed by atoms with E-state index < -0.39 is 109 Å². The molecule has 15 heteroatoms. The van der Waals surface area contributed by atoms with Gasteiger partial charge in [0.15, 0.2) is 18.4 Å². The summed E-state index contributed by atoms with van der Waals surface area (Å²) in [5, 5.41) is 45.7. The lowest BCUT2D eigenvalue weighted by Crippen LogP contribution is -2.60. The normalized spacial score (nSPS) is 50.0.